The molecule has 1 aliphatic rings. The lowest BCUT2D eigenvalue weighted by Gasteiger charge is -2.39. The van der Waals surface area contributed by atoms with Crippen LogP contribution in [0.5, 0.6) is 0 Å². The number of nitrogens with zero attached hydrogens (tertiary/aromatic N) is 2. The number of aromatic carboxylic acids is 1. The summed E-state index contributed by atoms with van der Waals surface area (Å²) in [6, 6.07) is 8.80. The van der Waals surface area contributed by atoms with Gasteiger partial charge in [-0.15, -0.1) is 0 Å². The van der Waals surface area contributed by atoms with Crippen LogP contribution in [0.3, 0.4) is 0 Å². The summed E-state index contributed by atoms with van der Waals surface area (Å²) in [6.45, 7) is 8.66. The Kier molecular flexibility index (Phi) is 4.11. The molecule has 0 aliphatic carbocycles. The molecule has 0 saturated heterocycles. The molecule has 5 nitrogen and oxygen atoms in total. The number of aromatic nitrogens is 2. The summed E-state index contributed by atoms with van der Waals surface area (Å²) < 4.78 is 1.85. The van der Waals surface area contributed by atoms with E-state index in [9.17, 15) is 9.90 Å². The Morgan fingerprint density at radius 2 is 2.00 bits per heavy atom. The first-order valence-electron chi connectivity index (χ1n) is 8.47. The van der Waals surface area contributed by atoms with Crippen LogP contribution in [0, 0.1) is 5.41 Å². The van der Waals surface area contributed by atoms with Gasteiger partial charge in [0.1, 0.15) is 11.4 Å². The quantitative estimate of drug-likeness (QED) is 0.882. The van der Waals surface area contributed by atoms with E-state index < -0.39 is 5.97 Å². The zero-order valence-electron chi connectivity index (χ0n) is 14.7. The zero-order valence-corrected chi connectivity index (χ0v) is 14.7. The summed E-state index contributed by atoms with van der Waals surface area (Å²) >= 11 is 0. The Balaban J connectivity index is 2.02. The average Bonchev–Trinajstić information content (AvgIpc) is 2.97. The van der Waals surface area contributed by atoms with Crippen LogP contribution in [0.4, 0.5) is 5.82 Å². The number of hydrogen-bond acceptors (Lipinski definition) is 3. The Hall–Kier alpha value is -2.30. The van der Waals surface area contributed by atoms with Crippen LogP contribution in [-0.2, 0) is 6.42 Å². The van der Waals surface area contributed by atoms with Crippen molar-refractivity contribution in [2.75, 3.05) is 5.32 Å². The molecule has 24 heavy (non-hydrogen) atoms. The molecule has 128 valence electrons. The second-order valence-corrected chi connectivity index (χ2v) is 7.57. The molecule has 5 heteroatoms. The van der Waals surface area contributed by atoms with Gasteiger partial charge in [-0.1, -0.05) is 52.0 Å². The highest BCUT2D eigenvalue weighted by Gasteiger charge is 2.37. The monoisotopic (exact) mass is 327 g/mol. The van der Waals surface area contributed by atoms with Gasteiger partial charge in [0.15, 0.2) is 0 Å². The molecule has 2 N–H and O–H groups in total. The molecule has 1 aromatic heterocycles. The molecule has 0 fully saturated rings. The van der Waals surface area contributed by atoms with Gasteiger partial charge in [0, 0.05) is 0 Å². The fourth-order valence-electron chi connectivity index (χ4n) is 3.37. The Labute approximate surface area is 142 Å². The molecule has 2 aromatic rings. The molecule has 1 aromatic carbocycles. The Morgan fingerprint density at radius 3 is 2.54 bits per heavy atom. The molecule has 1 aliphatic heterocycles. The standard InChI is InChI=1S/C19H25N3O2/c1-5-12-6-8-13(9-7-12)15-10-16(19(2,3)4)22-17(21-15)14(11-20-22)18(23)24/h6-9,11,15-16,21H,5,10H2,1-4H3,(H,23,24). The minimum atomic E-state index is -0.946. The average molecular weight is 327 g/mol. The minimum Gasteiger partial charge on any atom is -0.477 e. The highest BCUT2D eigenvalue weighted by atomic mass is 16.4. The maximum absolute atomic E-state index is 11.5. The molecule has 2 unspecified atom stereocenters. The first kappa shape index (κ1) is 16.6. The number of carboxylic acids is 1. The van der Waals surface area contributed by atoms with Crippen LogP contribution in [-0.4, -0.2) is 20.9 Å². The van der Waals surface area contributed by atoms with Gasteiger partial charge < -0.3 is 10.4 Å². The van der Waals surface area contributed by atoms with Crippen molar-refractivity contribution < 1.29 is 9.90 Å². The maximum atomic E-state index is 11.5. The zero-order chi connectivity index (χ0) is 17.5. The largest absolute Gasteiger partial charge is 0.477 e. The lowest BCUT2D eigenvalue weighted by molar-refractivity contribution is 0.0697. The van der Waals surface area contributed by atoms with E-state index in [2.05, 4.69) is 62.4 Å². The summed E-state index contributed by atoms with van der Waals surface area (Å²) in [5, 5.41) is 17.2. The topological polar surface area (TPSA) is 67.2 Å². The van der Waals surface area contributed by atoms with Crippen molar-refractivity contribution in [2.24, 2.45) is 5.41 Å². The number of hydrogen-bond donors (Lipinski definition) is 2. The third kappa shape index (κ3) is 2.90. The van der Waals surface area contributed by atoms with Crippen molar-refractivity contribution in [2.45, 2.75) is 52.6 Å². The van der Waals surface area contributed by atoms with Crippen LogP contribution < -0.4 is 5.32 Å². The predicted octanol–water partition coefficient (Wildman–Crippen LogP) is 4.29. The molecule has 0 amide bonds. The van der Waals surface area contributed by atoms with E-state index in [0.29, 0.717) is 5.82 Å². The van der Waals surface area contributed by atoms with Crippen LogP contribution in [0.15, 0.2) is 30.5 Å². The fraction of sp³-hybridized carbons (Fsp3) is 0.474. The summed E-state index contributed by atoms with van der Waals surface area (Å²) in [7, 11) is 0. The molecule has 0 spiro atoms. The fourth-order valence-corrected chi connectivity index (χ4v) is 3.37. The molecule has 2 heterocycles. The summed E-state index contributed by atoms with van der Waals surface area (Å²) in [4.78, 5) is 11.5. The summed E-state index contributed by atoms with van der Waals surface area (Å²) in [5.74, 6) is -0.336. The van der Waals surface area contributed by atoms with E-state index in [4.69, 9.17) is 0 Å². The highest BCUT2D eigenvalue weighted by molar-refractivity contribution is 5.93. The molecule has 2 atom stereocenters. The van der Waals surface area contributed by atoms with Gasteiger partial charge in [-0.25, -0.2) is 9.48 Å². The Morgan fingerprint density at radius 1 is 1.33 bits per heavy atom. The van der Waals surface area contributed by atoms with E-state index in [1.54, 1.807) is 0 Å². The highest BCUT2D eigenvalue weighted by Crippen LogP contribution is 2.44. The van der Waals surface area contributed by atoms with Crippen molar-refractivity contribution in [3.05, 3.63) is 47.2 Å². The molecule has 3 rings (SSSR count). The Bertz CT molecular complexity index is 741. The van der Waals surface area contributed by atoms with Gasteiger partial charge in [0.25, 0.3) is 0 Å². The lowest BCUT2D eigenvalue weighted by atomic mass is 9.80. The van der Waals surface area contributed by atoms with Crippen LogP contribution in [0.25, 0.3) is 0 Å². The normalized spacial score (nSPS) is 20.3. The molecule has 0 saturated carbocycles. The van der Waals surface area contributed by atoms with Crippen molar-refractivity contribution >= 4 is 11.8 Å². The van der Waals surface area contributed by atoms with E-state index in [0.717, 1.165) is 12.8 Å². The molecule has 0 bridgehead atoms. The second kappa shape index (κ2) is 5.96. The van der Waals surface area contributed by atoms with Crippen molar-refractivity contribution in [1.82, 2.24) is 9.78 Å². The predicted molar refractivity (Wildman–Crippen MR) is 94.5 cm³/mol. The number of aryl methyl sites for hydroxylation is 1. The molecular formula is C19H25N3O2. The van der Waals surface area contributed by atoms with E-state index in [-0.39, 0.29) is 23.1 Å². The lowest BCUT2D eigenvalue weighted by Crippen LogP contribution is -2.34. The SMILES string of the molecule is CCc1ccc(C2CC(C(C)(C)C)n3ncc(C(=O)O)c3N2)cc1. The minimum absolute atomic E-state index is 0.0136. The van der Waals surface area contributed by atoms with Gasteiger partial charge in [0.2, 0.25) is 0 Å². The van der Waals surface area contributed by atoms with Gasteiger partial charge in [-0.05, 0) is 29.4 Å². The van der Waals surface area contributed by atoms with Gasteiger partial charge in [-0.3, -0.25) is 0 Å². The van der Waals surface area contributed by atoms with Crippen molar-refractivity contribution in [3.63, 3.8) is 0 Å². The third-order valence-corrected chi connectivity index (χ3v) is 4.88. The van der Waals surface area contributed by atoms with Gasteiger partial charge >= 0.3 is 5.97 Å². The first-order chi connectivity index (χ1) is 11.3. The number of anilines is 1. The van der Waals surface area contributed by atoms with Crippen molar-refractivity contribution in [3.8, 4) is 0 Å². The second-order valence-electron chi connectivity index (χ2n) is 7.57. The van der Waals surface area contributed by atoms with Crippen LogP contribution >= 0.6 is 0 Å². The maximum Gasteiger partial charge on any atom is 0.341 e. The number of fused-ring (bicyclic) bond motifs is 1. The van der Waals surface area contributed by atoms with Crippen LogP contribution in [0.2, 0.25) is 0 Å². The number of rotatable bonds is 3. The van der Waals surface area contributed by atoms with Gasteiger partial charge in [0.05, 0.1) is 18.3 Å². The number of benzene rings is 1. The first-order valence-corrected chi connectivity index (χ1v) is 8.47. The summed E-state index contributed by atoms with van der Waals surface area (Å²) in [5.41, 5.74) is 2.71. The smallest absolute Gasteiger partial charge is 0.341 e. The van der Waals surface area contributed by atoms with E-state index >= 15 is 0 Å². The van der Waals surface area contributed by atoms with Gasteiger partial charge in [-0.2, -0.15) is 5.10 Å². The van der Waals surface area contributed by atoms with Crippen molar-refractivity contribution in [1.29, 1.82) is 0 Å². The van der Waals surface area contributed by atoms with E-state index in [1.807, 2.05) is 4.68 Å². The third-order valence-electron chi connectivity index (χ3n) is 4.88. The molecular weight excluding hydrogens is 302 g/mol. The van der Waals surface area contributed by atoms with E-state index in [1.165, 1.54) is 17.3 Å². The number of carbonyl (C=O) groups is 1. The number of carboxylic acid groups (broad SMARTS) is 1. The number of nitrogens with one attached hydrogen (secondary N) is 1. The van der Waals surface area contributed by atoms with Crippen LogP contribution in [0.1, 0.15) is 67.7 Å². The molecule has 0 radical (unpaired) electrons. The summed E-state index contributed by atoms with van der Waals surface area (Å²) in [6.07, 6.45) is 3.34.